The molecule has 198 valence electrons. The highest BCUT2D eigenvalue weighted by Gasteiger charge is 2.32. The van der Waals surface area contributed by atoms with Crippen LogP contribution >= 0.6 is 8.53 Å². The van der Waals surface area contributed by atoms with Crippen LogP contribution in [0.2, 0.25) is 0 Å². The second kappa shape index (κ2) is 12.7. The Kier molecular flexibility index (Phi) is 9.93. The fraction of sp³-hybridized carbons (Fsp3) is 0.696. The molecule has 36 heavy (non-hydrogen) atoms. The lowest BCUT2D eigenvalue weighted by atomic mass is 10.2. The number of carbonyl (C=O) groups excluding carboxylic acids is 1. The molecule has 3 atom stereocenters. The molecule has 0 aliphatic carbocycles. The third-order valence-electron chi connectivity index (χ3n) is 5.63. The predicted octanol–water partition coefficient (Wildman–Crippen LogP) is 3.68. The van der Waals surface area contributed by atoms with Crippen molar-refractivity contribution in [2.24, 2.45) is 5.92 Å². The van der Waals surface area contributed by atoms with Gasteiger partial charge in [-0.25, -0.2) is 9.65 Å². The summed E-state index contributed by atoms with van der Waals surface area (Å²) in [6, 6.07) is 2.52. The minimum absolute atomic E-state index is 0.0773. The van der Waals surface area contributed by atoms with Crippen LogP contribution in [-0.2, 0) is 18.6 Å². The molecular weight excluding hydrogens is 485 g/mol. The monoisotopic (exact) mass is 521 g/mol. The van der Waals surface area contributed by atoms with Crippen molar-refractivity contribution < 1.29 is 18.6 Å². The van der Waals surface area contributed by atoms with E-state index in [4.69, 9.17) is 19.0 Å². The van der Waals surface area contributed by atoms with Gasteiger partial charge >= 0.3 is 0 Å². The largest absolute Gasteiger partial charge is 0.352 e. The van der Waals surface area contributed by atoms with Crippen molar-refractivity contribution in [3.8, 4) is 6.07 Å². The molecule has 3 heterocycles. The van der Waals surface area contributed by atoms with Crippen molar-refractivity contribution in [3.05, 3.63) is 16.7 Å². The lowest BCUT2D eigenvalue weighted by molar-refractivity contribution is -0.118. The number of nitriles is 1. The summed E-state index contributed by atoms with van der Waals surface area (Å²) in [5.74, 6) is -0.428. The van der Waals surface area contributed by atoms with Crippen molar-refractivity contribution in [2.75, 3.05) is 18.5 Å². The van der Waals surface area contributed by atoms with E-state index < -0.39 is 14.1 Å². The van der Waals surface area contributed by atoms with Crippen LogP contribution in [-0.4, -0.2) is 61.5 Å². The van der Waals surface area contributed by atoms with Crippen molar-refractivity contribution in [2.45, 2.75) is 85.2 Å². The molecule has 2 aromatic rings. The van der Waals surface area contributed by atoms with E-state index in [9.17, 15) is 9.59 Å². The van der Waals surface area contributed by atoms with Crippen LogP contribution in [0.15, 0.2) is 11.1 Å². The number of H-pyrrole nitrogens is 1. The summed E-state index contributed by atoms with van der Waals surface area (Å²) >= 11 is 0. The highest BCUT2D eigenvalue weighted by atomic mass is 31.2. The van der Waals surface area contributed by atoms with Gasteiger partial charge in [-0.05, 0) is 40.5 Å². The Labute approximate surface area is 212 Å². The lowest BCUT2D eigenvalue weighted by Crippen LogP contribution is -2.34. The molecule has 1 amide bonds. The molecule has 13 heteroatoms. The number of hydrogen-bond acceptors (Lipinski definition) is 9. The number of anilines is 1. The van der Waals surface area contributed by atoms with Crippen LogP contribution < -0.4 is 10.9 Å². The minimum Gasteiger partial charge on any atom is -0.352 e. The van der Waals surface area contributed by atoms with Gasteiger partial charge < -0.3 is 13.8 Å². The summed E-state index contributed by atoms with van der Waals surface area (Å²) in [5, 5.41) is 11.5. The van der Waals surface area contributed by atoms with Gasteiger partial charge in [0.2, 0.25) is 11.9 Å². The third-order valence-corrected chi connectivity index (χ3v) is 7.70. The van der Waals surface area contributed by atoms with Crippen LogP contribution in [0.1, 0.15) is 67.0 Å². The Morgan fingerprint density at radius 2 is 2.03 bits per heavy atom. The Hall–Kier alpha value is -2.42. The van der Waals surface area contributed by atoms with E-state index in [0.29, 0.717) is 31.7 Å². The van der Waals surface area contributed by atoms with Gasteiger partial charge in [-0.1, -0.05) is 13.8 Å². The molecule has 0 aromatic carbocycles. The van der Waals surface area contributed by atoms with Crippen molar-refractivity contribution in [1.82, 2.24) is 24.2 Å². The van der Waals surface area contributed by atoms with E-state index in [2.05, 4.69) is 58.7 Å². The second-order valence-electron chi connectivity index (χ2n) is 9.52. The number of hydrogen-bond donors (Lipinski definition) is 2. The number of fused-ring (bicyclic) bond motifs is 1. The number of ether oxygens (including phenoxy) is 1. The topological polar surface area (TPSA) is 147 Å². The van der Waals surface area contributed by atoms with Gasteiger partial charge in [-0.15, -0.1) is 0 Å². The number of aromatic amines is 1. The Morgan fingerprint density at radius 1 is 1.31 bits per heavy atom. The number of nitrogens with one attached hydrogen (secondary N) is 2. The van der Waals surface area contributed by atoms with Crippen LogP contribution in [0.25, 0.3) is 11.2 Å². The number of nitrogens with zero attached hydrogens (tertiary/aromatic N) is 5. The van der Waals surface area contributed by atoms with E-state index in [1.807, 2.05) is 0 Å². The summed E-state index contributed by atoms with van der Waals surface area (Å²) in [6.45, 7) is 12.5. The van der Waals surface area contributed by atoms with Crippen LogP contribution in [0.5, 0.6) is 0 Å². The second-order valence-corrected chi connectivity index (χ2v) is 11.0. The Balaban J connectivity index is 1.70. The van der Waals surface area contributed by atoms with Gasteiger partial charge in [0.05, 0.1) is 38.1 Å². The summed E-state index contributed by atoms with van der Waals surface area (Å²) in [6.07, 6.45) is 2.71. The Bertz CT molecular complexity index is 1120. The molecule has 2 N–H and O–H groups in total. The normalized spacial score (nSPS) is 19.0. The maximum Gasteiger partial charge on any atom is 0.280 e. The van der Waals surface area contributed by atoms with Gasteiger partial charge in [0.25, 0.3) is 14.1 Å². The van der Waals surface area contributed by atoms with Crippen molar-refractivity contribution >= 4 is 31.5 Å². The predicted molar refractivity (Wildman–Crippen MR) is 136 cm³/mol. The van der Waals surface area contributed by atoms with Gasteiger partial charge in [0.15, 0.2) is 11.2 Å². The molecule has 3 rings (SSSR count). The van der Waals surface area contributed by atoms with Gasteiger partial charge in [-0.3, -0.25) is 24.5 Å². The lowest BCUT2D eigenvalue weighted by Gasteiger charge is -2.36. The van der Waals surface area contributed by atoms with Crippen LogP contribution in [0.3, 0.4) is 0 Å². The summed E-state index contributed by atoms with van der Waals surface area (Å²) in [7, 11) is -1.36. The first-order valence-corrected chi connectivity index (χ1v) is 13.4. The fourth-order valence-corrected chi connectivity index (χ4v) is 5.57. The van der Waals surface area contributed by atoms with Gasteiger partial charge in [0.1, 0.15) is 6.23 Å². The molecule has 1 saturated heterocycles. The molecule has 0 radical (unpaired) electrons. The third kappa shape index (κ3) is 6.87. The molecule has 2 unspecified atom stereocenters. The van der Waals surface area contributed by atoms with Crippen LogP contribution in [0.4, 0.5) is 5.95 Å². The first-order valence-electron chi connectivity index (χ1n) is 12.3. The number of amides is 1. The molecule has 0 spiro atoms. The first kappa shape index (κ1) is 28.2. The highest BCUT2D eigenvalue weighted by molar-refractivity contribution is 7.44. The summed E-state index contributed by atoms with van der Waals surface area (Å²) in [4.78, 5) is 35.7. The maximum atomic E-state index is 12.5. The van der Waals surface area contributed by atoms with E-state index >= 15 is 0 Å². The molecule has 12 nitrogen and oxygen atoms in total. The Morgan fingerprint density at radius 3 is 2.67 bits per heavy atom. The number of carbonyl (C=O) groups is 1. The molecule has 0 saturated carbocycles. The molecule has 2 aromatic heterocycles. The smallest absolute Gasteiger partial charge is 0.280 e. The van der Waals surface area contributed by atoms with Gasteiger partial charge in [0, 0.05) is 18.0 Å². The molecular formula is C23H36N7O5P. The van der Waals surface area contributed by atoms with E-state index in [-0.39, 0.29) is 47.7 Å². The molecule has 1 aliphatic rings. The SMILES string of the molecule is CC(C)C(=O)Nc1nc2c(ncn2C2CC[C@@H](COP(OCCC#N)N(C(C)C)C(C)C)O2)c(=O)[nH]1. The first-order chi connectivity index (χ1) is 17.1. The molecule has 1 fully saturated rings. The van der Waals surface area contributed by atoms with E-state index in [1.54, 1.807) is 18.4 Å². The fourth-order valence-electron chi connectivity index (χ4n) is 3.93. The number of imidazole rings is 1. The minimum atomic E-state index is -1.36. The maximum absolute atomic E-state index is 12.5. The zero-order valence-electron chi connectivity index (χ0n) is 21.7. The van der Waals surface area contributed by atoms with Crippen molar-refractivity contribution in [1.29, 1.82) is 5.26 Å². The van der Waals surface area contributed by atoms with E-state index in [1.165, 1.54) is 6.33 Å². The summed E-state index contributed by atoms with van der Waals surface area (Å²) in [5.41, 5.74) is 0.0929. The van der Waals surface area contributed by atoms with E-state index in [0.717, 1.165) is 6.42 Å². The highest BCUT2D eigenvalue weighted by Crippen LogP contribution is 2.46. The zero-order chi connectivity index (χ0) is 26.4. The van der Waals surface area contributed by atoms with Crippen LogP contribution in [0, 0.1) is 17.2 Å². The van der Waals surface area contributed by atoms with Crippen molar-refractivity contribution in [3.63, 3.8) is 0 Å². The summed E-state index contributed by atoms with van der Waals surface area (Å²) < 4.78 is 22.3. The average Bonchev–Trinajstić information content (AvgIpc) is 3.44. The average molecular weight is 522 g/mol. The molecule has 1 aliphatic heterocycles. The number of rotatable bonds is 12. The number of aromatic nitrogens is 4. The molecule has 0 bridgehead atoms. The zero-order valence-corrected chi connectivity index (χ0v) is 22.6. The quantitative estimate of drug-likeness (QED) is 0.315. The van der Waals surface area contributed by atoms with Gasteiger partial charge in [-0.2, -0.15) is 10.2 Å². The standard InChI is InChI=1S/C23H36N7O5P/c1-14(2)21(31)27-23-26-20-19(22(32)28-23)25-13-29(20)18-9-8-17(35-18)12-34-36(33-11-7-10-24)30(15(3)4)16(5)6/h13-18H,7-9,11-12H2,1-6H3,(H2,26,27,28,31,32)/t17-,18?,36?/m0/s1.